The van der Waals surface area contributed by atoms with E-state index in [4.69, 9.17) is 5.73 Å². The first-order valence-electron chi connectivity index (χ1n) is 8.28. The normalized spacial score (nSPS) is 24.5. The van der Waals surface area contributed by atoms with Gasteiger partial charge in [0.2, 0.25) is 5.91 Å². The summed E-state index contributed by atoms with van der Waals surface area (Å²) < 4.78 is 28.6. The first kappa shape index (κ1) is 20.6. The number of nitrogens with zero attached hydrogens (tertiary/aromatic N) is 2. The second-order valence-corrected chi connectivity index (χ2v) is 8.03. The molecule has 2 aliphatic heterocycles. The molecule has 0 aromatic rings. The molecule has 3 N–H and O–H groups in total. The Morgan fingerprint density at radius 3 is 2.26 bits per heavy atom. The van der Waals surface area contributed by atoms with Crippen molar-refractivity contribution >= 4 is 28.5 Å². The standard InChI is InChI=1S/C14H28N4O3S.ClH/c15-7-8-16-14(19)13-6-5-11-18(12-13)22(20,21)17-9-3-1-2-4-10-17;/h13H,1-12,15H2,(H,16,19);1H. The maximum absolute atomic E-state index is 12.8. The fraction of sp³-hybridized carbons (Fsp3) is 0.929. The molecule has 1 unspecified atom stereocenters. The molecule has 136 valence electrons. The molecule has 2 saturated heterocycles. The van der Waals surface area contributed by atoms with E-state index in [-0.39, 0.29) is 30.8 Å². The summed E-state index contributed by atoms with van der Waals surface area (Å²) in [5.74, 6) is -0.344. The summed E-state index contributed by atoms with van der Waals surface area (Å²) >= 11 is 0. The summed E-state index contributed by atoms with van der Waals surface area (Å²) in [4.78, 5) is 12.1. The third kappa shape index (κ3) is 5.56. The van der Waals surface area contributed by atoms with Gasteiger partial charge in [-0.2, -0.15) is 17.0 Å². The van der Waals surface area contributed by atoms with Crippen LogP contribution in [-0.4, -0.2) is 62.2 Å². The van der Waals surface area contributed by atoms with Crippen LogP contribution in [0, 0.1) is 5.92 Å². The van der Waals surface area contributed by atoms with Gasteiger partial charge in [0.15, 0.2) is 0 Å². The second-order valence-electron chi connectivity index (χ2n) is 6.10. The lowest BCUT2D eigenvalue weighted by Crippen LogP contribution is -2.51. The predicted molar refractivity (Wildman–Crippen MR) is 92.6 cm³/mol. The zero-order valence-corrected chi connectivity index (χ0v) is 15.2. The van der Waals surface area contributed by atoms with E-state index < -0.39 is 10.2 Å². The van der Waals surface area contributed by atoms with E-state index in [1.807, 2.05) is 0 Å². The van der Waals surface area contributed by atoms with Gasteiger partial charge in [0, 0.05) is 39.3 Å². The first-order valence-corrected chi connectivity index (χ1v) is 9.68. The van der Waals surface area contributed by atoms with Crippen molar-refractivity contribution in [1.29, 1.82) is 0 Å². The molecule has 0 aliphatic carbocycles. The summed E-state index contributed by atoms with van der Waals surface area (Å²) in [5, 5.41) is 2.76. The molecule has 9 heteroatoms. The van der Waals surface area contributed by atoms with E-state index in [9.17, 15) is 13.2 Å². The Balaban J connectivity index is 0.00000264. The highest BCUT2D eigenvalue weighted by Crippen LogP contribution is 2.23. The van der Waals surface area contributed by atoms with Crippen LogP contribution in [0.4, 0.5) is 0 Å². The van der Waals surface area contributed by atoms with Crippen LogP contribution in [0.3, 0.4) is 0 Å². The fourth-order valence-electron chi connectivity index (χ4n) is 3.14. The quantitative estimate of drug-likeness (QED) is 0.730. The SMILES string of the molecule is Cl.NCCNC(=O)C1CCCN(S(=O)(=O)N2CCCCCC2)C1. The van der Waals surface area contributed by atoms with E-state index in [1.165, 1.54) is 4.31 Å². The van der Waals surface area contributed by atoms with Crippen molar-refractivity contribution in [1.82, 2.24) is 13.9 Å². The summed E-state index contributed by atoms with van der Waals surface area (Å²) in [7, 11) is -3.43. The van der Waals surface area contributed by atoms with E-state index in [0.29, 0.717) is 32.7 Å². The lowest BCUT2D eigenvalue weighted by atomic mass is 9.99. The van der Waals surface area contributed by atoms with E-state index in [0.717, 1.165) is 38.5 Å². The molecule has 2 aliphatic rings. The maximum atomic E-state index is 12.8. The molecule has 0 aromatic heterocycles. The third-order valence-corrected chi connectivity index (χ3v) is 6.42. The Bertz CT molecular complexity index is 467. The van der Waals surface area contributed by atoms with Crippen LogP contribution in [0.5, 0.6) is 0 Å². The Hall–Kier alpha value is -0.410. The molecule has 23 heavy (non-hydrogen) atoms. The predicted octanol–water partition coefficient (Wildman–Crippen LogP) is 0.316. The third-order valence-electron chi connectivity index (χ3n) is 4.42. The van der Waals surface area contributed by atoms with Crippen molar-refractivity contribution < 1.29 is 13.2 Å². The van der Waals surface area contributed by atoms with E-state index in [1.54, 1.807) is 4.31 Å². The topological polar surface area (TPSA) is 95.7 Å². The first-order chi connectivity index (χ1) is 10.6. The summed E-state index contributed by atoms with van der Waals surface area (Å²) in [6, 6.07) is 0. The minimum absolute atomic E-state index is 0. The zero-order chi connectivity index (χ0) is 16.0. The number of amides is 1. The zero-order valence-electron chi connectivity index (χ0n) is 13.6. The van der Waals surface area contributed by atoms with Crippen LogP contribution in [-0.2, 0) is 15.0 Å². The van der Waals surface area contributed by atoms with Gasteiger partial charge in [0.05, 0.1) is 5.92 Å². The van der Waals surface area contributed by atoms with Gasteiger partial charge in [0.1, 0.15) is 0 Å². The van der Waals surface area contributed by atoms with E-state index >= 15 is 0 Å². The highest BCUT2D eigenvalue weighted by Gasteiger charge is 2.35. The molecule has 0 saturated carbocycles. The Labute approximate surface area is 145 Å². The molecule has 1 atom stereocenters. The van der Waals surface area contributed by atoms with Gasteiger partial charge in [-0.1, -0.05) is 12.8 Å². The second kappa shape index (κ2) is 9.78. The molecule has 0 spiro atoms. The summed E-state index contributed by atoms with van der Waals surface area (Å²) in [6.45, 7) is 2.84. The van der Waals surface area contributed by atoms with Crippen molar-refractivity contribution in [2.45, 2.75) is 38.5 Å². The van der Waals surface area contributed by atoms with Crippen LogP contribution in [0.25, 0.3) is 0 Å². The van der Waals surface area contributed by atoms with Gasteiger partial charge >= 0.3 is 0 Å². The number of halogens is 1. The molecular weight excluding hydrogens is 340 g/mol. The lowest BCUT2D eigenvalue weighted by molar-refractivity contribution is -0.126. The molecule has 2 fully saturated rings. The minimum atomic E-state index is -3.43. The highest BCUT2D eigenvalue weighted by atomic mass is 35.5. The number of piperidine rings is 1. The Kier molecular flexibility index (Phi) is 8.78. The summed E-state index contributed by atoms with van der Waals surface area (Å²) in [5.41, 5.74) is 5.39. The van der Waals surface area contributed by atoms with Gasteiger partial charge in [-0.25, -0.2) is 0 Å². The van der Waals surface area contributed by atoms with Crippen LogP contribution < -0.4 is 11.1 Å². The van der Waals surface area contributed by atoms with Gasteiger partial charge < -0.3 is 11.1 Å². The molecular formula is C14H29ClN4O3S. The number of nitrogens with one attached hydrogen (secondary N) is 1. The number of carbonyl (C=O) groups excluding carboxylic acids is 1. The van der Waals surface area contributed by atoms with Crippen molar-refractivity contribution in [2.75, 3.05) is 39.3 Å². The Morgan fingerprint density at radius 2 is 1.65 bits per heavy atom. The van der Waals surface area contributed by atoms with Crippen molar-refractivity contribution in [3.63, 3.8) is 0 Å². The van der Waals surface area contributed by atoms with Crippen LogP contribution in [0.1, 0.15) is 38.5 Å². The Morgan fingerprint density at radius 1 is 1.04 bits per heavy atom. The van der Waals surface area contributed by atoms with Gasteiger partial charge in [0.25, 0.3) is 10.2 Å². The van der Waals surface area contributed by atoms with Crippen molar-refractivity contribution in [3.8, 4) is 0 Å². The smallest absolute Gasteiger partial charge is 0.281 e. The van der Waals surface area contributed by atoms with Crippen molar-refractivity contribution in [2.24, 2.45) is 11.7 Å². The maximum Gasteiger partial charge on any atom is 0.281 e. The largest absolute Gasteiger partial charge is 0.355 e. The monoisotopic (exact) mass is 368 g/mol. The summed E-state index contributed by atoms with van der Waals surface area (Å²) in [6.07, 6.45) is 5.50. The molecule has 2 rings (SSSR count). The van der Waals surface area contributed by atoms with Gasteiger partial charge in [-0.3, -0.25) is 4.79 Å². The lowest BCUT2D eigenvalue weighted by Gasteiger charge is -2.34. The molecule has 1 amide bonds. The number of hydrogen-bond donors (Lipinski definition) is 2. The highest BCUT2D eigenvalue weighted by molar-refractivity contribution is 7.86. The molecule has 0 radical (unpaired) electrons. The average Bonchev–Trinajstić information content (AvgIpc) is 2.82. The van der Waals surface area contributed by atoms with Crippen LogP contribution in [0.15, 0.2) is 0 Å². The number of nitrogens with two attached hydrogens (primary N) is 1. The van der Waals surface area contributed by atoms with Crippen molar-refractivity contribution in [3.05, 3.63) is 0 Å². The molecule has 2 heterocycles. The molecule has 7 nitrogen and oxygen atoms in total. The molecule has 0 aromatic carbocycles. The number of carbonyl (C=O) groups is 1. The fourth-order valence-corrected chi connectivity index (χ4v) is 4.92. The minimum Gasteiger partial charge on any atom is -0.355 e. The number of hydrogen-bond acceptors (Lipinski definition) is 4. The molecule has 0 bridgehead atoms. The van der Waals surface area contributed by atoms with E-state index in [2.05, 4.69) is 5.32 Å². The van der Waals surface area contributed by atoms with Gasteiger partial charge in [-0.15, -0.1) is 12.4 Å². The van der Waals surface area contributed by atoms with Crippen LogP contribution >= 0.6 is 12.4 Å². The van der Waals surface area contributed by atoms with Crippen LogP contribution in [0.2, 0.25) is 0 Å². The average molecular weight is 369 g/mol. The van der Waals surface area contributed by atoms with Gasteiger partial charge in [-0.05, 0) is 25.7 Å². The number of rotatable bonds is 5.